The van der Waals surface area contributed by atoms with Gasteiger partial charge in [-0.1, -0.05) is 18.2 Å². The van der Waals surface area contributed by atoms with Gasteiger partial charge < -0.3 is 19.2 Å². The maximum absolute atomic E-state index is 9.07. The molecule has 2 aromatic rings. The van der Waals surface area contributed by atoms with Crippen LogP contribution in [-0.4, -0.2) is 32.4 Å². The molecule has 2 rings (SSSR count). The molecule has 6 heteroatoms. The van der Waals surface area contributed by atoms with Gasteiger partial charge in [-0.05, 0) is 12.1 Å². The number of nitriles is 1. The summed E-state index contributed by atoms with van der Waals surface area (Å²) in [5, 5.41) is 12.0. The Labute approximate surface area is 129 Å². The molecule has 6 nitrogen and oxygen atoms in total. The number of rotatable bonds is 7. The van der Waals surface area contributed by atoms with E-state index in [1.54, 1.807) is 20.3 Å². The SMILES string of the molecule is COCCNc1oc(/C=C/c2ccccc2OC)nc1C#N. The predicted octanol–water partition coefficient (Wildman–Crippen LogP) is 2.78. The summed E-state index contributed by atoms with van der Waals surface area (Å²) in [6, 6.07) is 9.59. The van der Waals surface area contributed by atoms with E-state index in [0.29, 0.717) is 24.9 Å². The highest BCUT2D eigenvalue weighted by molar-refractivity contribution is 5.70. The molecule has 22 heavy (non-hydrogen) atoms. The van der Waals surface area contributed by atoms with Gasteiger partial charge in [0.2, 0.25) is 17.5 Å². The number of nitrogens with one attached hydrogen (secondary N) is 1. The standard InChI is InChI=1S/C16H17N3O3/c1-20-10-9-18-16-13(11-17)19-15(22-16)8-7-12-5-3-4-6-14(12)21-2/h3-8,18H,9-10H2,1-2H3/b8-7+. The minimum Gasteiger partial charge on any atom is -0.496 e. The van der Waals surface area contributed by atoms with E-state index in [-0.39, 0.29) is 5.69 Å². The number of nitrogens with zero attached hydrogens (tertiary/aromatic N) is 2. The summed E-state index contributed by atoms with van der Waals surface area (Å²) in [5.74, 6) is 1.45. The van der Waals surface area contributed by atoms with Gasteiger partial charge in [0.15, 0.2) is 0 Å². The molecular formula is C16H17N3O3. The lowest BCUT2D eigenvalue weighted by Gasteiger charge is -2.02. The van der Waals surface area contributed by atoms with Gasteiger partial charge in [-0.15, -0.1) is 0 Å². The lowest BCUT2D eigenvalue weighted by molar-refractivity contribution is 0.210. The fourth-order valence-electron chi connectivity index (χ4n) is 1.84. The Morgan fingerprint density at radius 3 is 2.86 bits per heavy atom. The molecule has 1 heterocycles. The minimum absolute atomic E-state index is 0.218. The van der Waals surface area contributed by atoms with Crippen LogP contribution in [0.25, 0.3) is 12.2 Å². The van der Waals surface area contributed by atoms with Crippen LogP contribution in [0.2, 0.25) is 0 Å². The van der Waals surface area contributed by atoms with Crippen molar-refractivity contribution in [3.8, 4) is 11.8 Å². The summed E-state index contributed by atoms with van der Waals surface area (Å²) in [6.07, 6.45) is 3.52. The van der Waals surface area contributed by atoms with Gasteiger partial charge in [0, 0.05) is 25.3 Å². The lowest BCUT2D eigenvalue weighted by Crippen LogP contribution is -2.07. The molecule has 0 spiro atoms. The first kappa shape index (κ1) is 15.6. The molecule has 1 N–H and O–H groups in total. The maximum atomic E-state index is 9.07. The fraction of sp³-hybridized carbons (Fsp3) is 0.250. The van der Waals surface area contributed by atoms with E-state index in [2.05, 4.69) is 10.3 Å². The normalized spacial score (nSPS) is 10.6. The molecule has 0 aliphatic heterocycles. The summed E-state index contributed by atoms with van der Waals surface area (Å²) in [5.41, 5.74) is 1.12. The van der Waals surface area contributed by atoms with Crippen molar-refractivity contribution in [2.45, 2.75) is 0 Å². The van der Waals surface area contributed by atoms with Crippen LogP contribution in [0, 0.1) is 11.3 Å². The molecular weight excluding hydrogens is 282 g/mol. The molecule has 0 radical (unpaired) electrons. The summed E-state index contributed by atoms with van der Waals surface area (Å²) >= 11 is 0. The third-order valence-electron chi connectivity index (χ3n) is 2.89. The van der Waals surface area contributed by atoms with Crippen LogP contribution in [0.5, 0.6) is 5.75 Å². The van der Waals surface area contributed by atoms with Gasteiger partial charge in [0.05, 0.1) is 13.7 Å². The number of anilines is 1. The van der Waals surface area contributed by atoms with Crippen molar-refractivity contribution in [3.05, 3.63) is 41.4 Å². The van der Waals surface area contributed by atoms with Crippen molar-refractivity contribution >= 4 is 18.0 Å². The van der Waals surface area contributed by atoms with Gasteiger partial charge in [0.1, 0.15) is 11.8 Å². The molecule has 0 fully saturated rings. The highest BCUT2D eigenvalue weighted by Gasteiger charge is 2.10. The first-order chi connectivity index (χ1) is 10.8. The highest BCUT2D eigenvalue weighted by Crippen LogP contribution is 2.22. The number of benzene rings is 1. The summed E-state index contributed by atoms with van der Waals surface area (Å²) in [4.78, 5) is 4.12. The van der Waals surface area contributed by atoms with Crippen molar-refractivity contribution < 1.29 is 13.9 Å². The quantitative estimate of drug-likeness (QED) is 0.792. The summed E-state index contributed by atoms with van der Waals surface area (Å²) < 4.78 is 15.7. The highest BCUT2D eigenvalue weighted by atomic mass is 16.5. The van der Waals surface area contributed by atoms with Gasteiger partial charge >= 0.3 is 0 Å². The third-order valence-corrected chi connectivity index (χ3v) is 2.89. The minimum atomic E-state index is 0.218. The third kappa shape index (κ3) is 3.87. The number of ether oxygens (including phenoxy) is 2. The second-order valence-electron chi connectivity index (χ2n) is 4.34. The summed E-state index contributed by atoms with van der Waals surface area (Å²) in [6.45, 7) is 1.05. The summed E-state index contributed by atoms with van der Waals surface area (Å²) in [7, 11) is 3.22. The smallest absolute Gasteiger partial charge is 0.232 e. The van der Waals surface area contributed by atoms with E-state index in [1.807, 2.05) is 36.4 Å². The van der Waals surface area contributed by atoms with Crippen LogP contribution in [-0.2, 0) is 4.74 Å². The molecule has 1 aromatic heterocycles. The van der Waals surface area contributed by atoms with Gasteiger partial charge in [0.25, 0.3) is 0 Å². The number of methoxy groups -OCH3 is 2. The van der Waals surface area contributed by atoms with Crippen molar-refractivity contribution in [2.75, 3.05) is 32.7 Å². The molecule has 0 saturated heterocycles. The van der Waals surface area contributed by atoms with Crippen molar-refractivity contribution in [1.82, 2.24) is 4.98 Å². The zero-order valence-corrected chi connectivity index (χ0v) is 12.5. The molecule has 1 aromatic carbocycles. The molecule has 0 aliphatic rings. The molecule has 0 atom stereocenters. The first-order valence-corrected chi connectivity index (χ1v) is 6.73. The van der Waals surface area contributed by atoms with Crippen LogP contribution < -0.4 is 10.1 Å². The van der Waals surface area contributed by atoms with Crippen LogP contribution in [0.3, 0.4) is 0 Å². The second kappa shape index (κ2) is 7.86. The number of para-hydroxylation sites is 1. The van der Waals surface area contributed by atoms with Crippen molar-refractivity contribution in [2.24, 2.45) is 0 Å². The zero-order chi connectivity index (χ0) is 15.8. The van der Waals surface area contributed by atoms with Crippen LogP contribution >= 0.6 is 0 Å². The largest absolute Gasteiger partial charge is 0.496 e. The Kier molecular flexibility index (Phi) is 5.57. The van der Waals surface area contributed by atoms with E-state index in [4.69, 9.17) is 19.2 Å². The maximum Gasteiger partial charge on any atom is 0.232 e. The second-order valence-corrected chi connectivity index (χ2v) is 4.34. The molecule has 114 valence electrons. The molecule has 0 amide bonds. The first-order valence-electron chi connectivity index (χ1n) is 6.73. The lowest BCUT2D eigenvalue weighted by atomic mass is 10.2. The molecule has 0 bridgehead atoms. The fourth-order valence-corrected chi connectivity index (χ4v) is 1.84. The van der Waals surface area contributed by atoms with Gasteiger partial charge in [-0.2, -0.15) is 10.2 Å². The number of hydrogen-bond acceptors (Lipinski definition) is 6. The Bertz CT molecular complexity index is 686. The van der Waals surface area contributed by atoms with E-state index in [1.165, 1.54) is 0 Å². The van der Waals surface area contributed by atoms with Crippen LogP contribution in [0.4, 0.5) is 5.88 Å². The Morgan fingerprint density at radius 1 is 1.32 bits per heavy atom. The molecule has 0 unspecified atom stereocenters. The van der Waals surface area contributed by atoms with E-state index >= 15 is 0 Å². The zero-order valence-electron chi connectivity index (χ0n) is 12.5. The van der Waals surface area contributed by atoms with Gasteiger partial charge in [-0.25, -0.2) is 0 Å². The van der Waals surface area contributed by atoms with E-state index < -0.39 is 0 Å². The predicted molar refractivity (Wildman–Crippen MR) is 83.5 cm³/mol. The molecule has 0 saturated carbocycles. The number of oxazole rings is 1. The average Bonchev–Trinajstić information content (AvgIpc) is 2.95. The van der Waals surface area contributed by atoms with Crippen molar-refractivity contribution in [3.63, 3.8) is 0 Å². The number of hydrogen-bond donors (Lipinski definition) is 1. The monoisotopic (exact) mass is 299 g/mol. The molecule has 0 aliphatic carbocycles. The Hall–Kier alpha value is -2.78. The Morgan fingerprint density at radius 2 is 2.14 bits per heavy atom. The van der Waals surface area contributed by atoms with Crippen molar-refractivity contribution in [1.29, 1.82) is 5.26 Å². The number of aromatic nitrogens is 1. The van der Waals surface area contributed by atoms with E-state index in [9.17, 15) is 0 Å². The van der Waals surface area contributed by atoms with Gasteiger partial charge in [-0.3, -0.25) is 0 Å². The van der Waals surface area contributed by atoms with Crippen LogP contribution in [0.15, 0.2) is 28.7 Å². The van der Waals surface area contributed by atoms with E-state index in [0.717, 1.165) is 11.3 Å². The average molecular weight is 299 g/mol. The Balaban J connectivity index is 2.16. The topological polar surface area (TPSA) is 80.3 Å². The van der Waals surface area contributed by atoms with Crippen LogP contribution in [0.1, 0.15) is 17.1 Å².